The van der Waals surface area contributed by atoms with Crippen molar-refractivity contribution in [2.45, 2.75) is 40.1 Å². The zero-order valence-corrected chi connectivity index (χ0v) is 21.5. The van der Waals surface area contributed by atoms with E-state index in [4.69, 9.17) is 27.4 Å². The lowest BCUT2D eigenvalue weighted by Crippen LogP contribution is -2.39. The van der Waals surface area contributed by atoms with E-state index < -0.39 is 27.4 Å². The van der Waals surface area contributed by atoms with Crippen molar-refractivity contribution >= 4 is 21.5 Å². The van der Waals surface area contributed by atoms with E-state index in [0.29, 0.717) is 0 Å². The van der Waals surface area contributed by atoms with Crippen LogP contribution in [0.3, 0.4) is 0 Å². The molecule has 10 nitrogen and oxygen atoms in total. The number of rotatable bonds is 17. The number of phosphoric acid groups is 1. The summed E-state index contributed by atoms with van der Waals surface area (Å²) in [4.78, 5) is 14.0. The summed E-state index contributed by atoms with van der Waals surface area (Å²) in [7, 11) is -8.13. The van der Waals surface area contributed by atoms with Crippen molar-refractivity contribution in [3.05, 3.63) is 48.6 Å². The Labute approximate surface area is 196 Å². The smallest absolute Gasteiger partial charge is 0.445 e. The molecule has 1 atom stereocenters. The highest BCUT2D eigenvalue weighted by molar-refractivity contribution is 7.56. The van der Waals surface area contributed by atoms with Gasteiger partial charge in [-0.15, -0.1) is 6.58 Å². The lowest BCUT2D eigenvalue weighted by Gasteiger charge is -2.32. The van der Waals surface area contributed by atoms with Crippen LogP contribution in [0.2, 0.25) is 0 Å². The standard InChI is InChI=1S/C21H35NO9P2/c1-6-16-22(21(23)26-18-19-14-12-11-13-15-19)17-20(32(24,27-7-2)28-8-3)31-33(25,29-9-4)30-10-5/h6,11-15,20H,1,7-10,16-18H2,2-5H3. The number of hydrogen-bond donors (Lipinski definition) is 0. The molecule has 0 aromatic heterocycles. The van der Waals surface area contributed by atoms with Gasteiger partial charge in [-0.1, -0.05) is 36.4 Å². The summed E-state index contributed by atoms with van der Waals surface area (Å²) in [6.45, 7) is 9.98. The fourth-order valence-electron chi connectivity index (χ4n) is 2.70. The van der Waals surface area contributed by atoms with Crippen LogP contribution in [-0.4, -0.2) is 56.4 Å². The molecule has 0 saturated heterocycles. The van der Waals surface area contributed by atoms with E-state index in [2.05, 4.69) is 6.58 Å². The minimum Gasteiger partial charge on any atom is -0.445 e. The van der Waals surface area contributed by atoms with Gasteiger partial charge in [-0.2, -0.15) is 0 Å². The minimum absolute atomic E-state index is 0.0209. The number of carbonyl (C=O) groups is 1. The number of carbonyl (C=O) groups excluding carboxylic acids is 1. The van der Waals surface area contributed by atoms with E-state index in [1.165, 1.54) is 11.0 Å². The van der Waals surface area contributed by atoms with Gasteiger partial charge in [0.15, 0.2) is 5.85 Å². The summed E-state index contributed by atoms with van der Waals surface area (Å²) >= 11 is 0. The Bertz CT molecular complexity index is 786. The molecular formula is C21H35NO9P2. The molecular weight excluding hydrogens is 472 g/mol. The van der Waals surface area contributed by atoms with Crippen molar-refractivity contribution in [3.8, 4) is 0 Å². The first-order valence-corrected chi connectivity index (χ1v) is 13.9. The van der Waals surface area contributed by atoms with Gasteiger partial charge in [0.1, 0.15) is 6.61 Å². The second-order valence-electron chi connectivity index (χ2n) is 6.45. The SMILES string of the molecule is C=CCN(CC(OP(=O)(OCC)OCC)P(=O)(OCC)OCC)C(=O)OCc1ccccc1. The highest BCUT2D eigenvalue weighted by Gasteiger charge is 2.44. The molecule has 0 spiro atoms. The summed E-state index contributed by atoms with van der Waals surface area (Å²) in [5.74, 6) is -1.47. The average Bonchev–Trinajstić information content (AvgIpc) is 2.78. The van der Waals surface area contributed by atoms with Gasteiger partial charge in [0.2, 0.25) is 0 Å². The van der Waals surface area contributed by atoms with Crippen LogP contribution in [0.4, 0.5) is 4.79 Å². The first-order valence-electron chi connectivity index (χ1n) is 10.8. The fourth-order valence-corrected chi connectivity index (χ4v) is 6.22. The number of amides is 1. The zero-order valence-electron chi connectivity index (χ0n) is 19.7. The third-order valence-electron chi connectivity index (χ3n) is 3.99. The third kappa shape index (κ3) is 10.1. The lowest BCUT2D eigenvalue weighted by molar-refractivity contribution is 0.0609. The molecule has 0 heterocycles. The third-order valence-corrected chi connectivity index (χ3v) is 8.02. The molecule has 0 aliphatic rings. The molecule has 33 heavy (non-hydrogen) atoms. The summed E-state index contributed by atoms with van der Waals surface area (Å²) in [6, 6.07) is 9.14. The Morgan fingerprint density at radius 2 is 1.52 bits per heavy atom. The fraction of sp³-hybridized carbons (Fsp3) is 0.571. The maximum absolute atomic E-state index is 13.5. The van der Waals surface area contributed by atoms with E-state index in [0.717, 1.165) is 5.56 Å². The summed E-state index contributed by atoms with van der Waals surface area (Å²) in [5.41, 5.74) is 0.795. The maximum Gasteiger partial charge on any atom is 0.475 e. The van der Waals surface area contributed by atoms with Crippen molar-refractivity contribution < 1.29 is 41.3 Å². The normalized spacial score (nSPS) is 12.8. The molecule has 0 saturated carbocycles. The second-order valence-corrected chi connectivity index (χ2v) is 10.2. The van der Waals surface area contributed by atoms with Crippen molar-refractivity contribution in [1.82, 2.24) is 4.90 Å². The molecule has 1 aromatic carbocycles. The number of ether oxygens (including phenoxy) is 1. The van der Waals surface area contributed by atoms with Crippen molar-refractivity contribution in [2.24, 2.45) is 0 Å². The molecule has 188 valence electrons. The lowest BCUT2D eigenvalue weighted by atomic mass is 10.2. The topological polar surface area (TPSA) is 110 Å². The van der Waals surface area contributed by atoms with Gasteiger partial charge in [0, 0.05) is 6.54 Å². The molecule has 0 N–H and O–H groups in total. The first-order chi connectivity index (χ1) is 15.8. The Balaban J connectivity index is 3.18. The number of benzene rings is 1. The molecule has 1 unspecified atom stereocenters. The van der Waals surface area contributed by atoms with Gasteiger partial charge in [-0.25, -0.2) is 9.36 Å². The van der Waals surface area contributed by atoms with Gasteiger partial charge in [-0.3, -0.25) is 18.1 Å². The van der Waals surface area contributed by atoms with Crippen molar-refractivity contribution in [1.29, 1.82) is 0 Å². The zero-order chi connectivity index (χ0) is 24.7. The van der Waals surface area contributed by atoms with Crippen LogP contribution in [0.1, 0.15) is 33.3 Å². The van der Waals surface area contributed by atoms with Crippen LogP contribution in [0, 0.1) is 0 Å². The van der Waals surface area contributed by atoms with Gasteiger partial charge < -0.3 is 18.7 Å². The second kappa shape index (κ2) is 15.4. The number of nitrogens with zero attached hydrogens (tertiary/aromatic N) is 1. The molecule has 1 rings (SSSR count). The van der Waals surface area contributed by atoms with Crippen molar-refractivity contribution in [2.75, 3.05) is 39.5 Å². The van der Waals surface area contributed by atoms with E-state index in [1.54, 1.807) is 27.7 Å². The van der Waals surface area contributed by atoms with Gasteiger partial charge >= 0.3 is 21.5 Å². The summed E-state index contributed by atoms with van der Waals surface area (Å²) in [6.07, 6.45) is 0.757. The monoisotopic (exact) mass is 507 g/mol. The number of hydrogen-bond acceptors (Lipinski definition) is 9. The largest absolute Gasteiger partial charge is 0.475 e. The van der Waals surface area contributed by atoms with Gasteiger partial charge in [0.25, 0.3) is 0 Å². The predicted molar refractivity (Wildman–Crippen MR) is 125 cm³/mol. The van der Waals surface area contributed by atoms with E-state index in [-0.39, 0.29) is 46.1 Å². The Morgan fingerprint density at radius 1 is 0.970 bits per heavy atom. The van der Waals surface area contributed by atoms with Crippen LogP contribution in [0.25, 0.3) is 0 Å². The van der Waals surface area contributed by atoms with Gasteiger partial charge in [-0.05, 0) is 33.3 Å². The highest BCUT2D eigenvalue weighted by Crippen LogP contribution is 2.61. The molecule has 0 aliphatic heterocycles. The Morgan fingerprint density at radius 3 is 2.00 bits per heavy atom. The minimum atomic E-state index is -4.12. The van der Waals surface area contributed by atoms with E-state index >= 15 is 0 Å². The average molecular weight is 507 g/mol. The molecule has 0 radical (unpaired) electrons. The molecule has 0 aliphatic carbocycles. The molecule has 1 aromatic rings. The molecule has 0 fully saturated rings. The van der Waals surface area contributed by atoms with Crippen LogP contribution >= 0.6 is 15.4 Å². The van der Waals surface area contributed by atoms with E-state index in [9.17, 15) is 13.9 Å². The molecule has 1 amide bonds. The molecule has 0 bridgehead atoms. The van der Waals surface area contributed by atoms with Crippen LogP contribution in [-0.2, 0) is 43.1 Å². The first kappa shape index (κ1) is 29.5. The van der Waals surface area contributed by atoms with Gasteiger partial charge in [0.05, 0.1) is 33.0 Å². The molecule has 12 heteroatoms. The summed E-state index contributed by atoms with van der Waals surface area (Å²) in [5, 5.41) is 0. The summed E-state index contributed by atoms with van der Waals surface area (Å²) < 4.78 is 58.7. The number of phosphoric ester groups is 1. The van der Waals surface area contributed by atoms with Crippen LogP contribution in [0.15, 0.2) is 43.0 Å². The van der Waals surface area contributed by atoms with Crippen LogP contribution < -0.4 is 0 Å². The quantitative estimate of drug-likeness (QED) is 0.196. The highest BCUT2D eigenvalue weighted by atomic mass is 31.2. The van der Waals surface area contributed by atoms with E-state index in [1.807, 2.05) is 30.3 Å². The Hall–Kier alpha value is -1.51. The maximum atomic E-state index is 13.5. The predicted octanol–water partition coefficient (Wildman–Crippen LogP) is 5.60. The van der Waals surface area contributed by atoms with Crippen LogP contribution in [0.5, 0.6) is 0 Å². The van der Waals surface area contributed by atoms with Crippen molar-refractivity contribution in [3.63, 3.8) is 0 Å². The Kier molecular flexibility index (Phi) is 13.8.